The van der Waals surface area contributed by atoms with Gasteiger partial charge < -0.3 is 9.88 Å². The molecule has 1 aromatic rings. The van der Waals surface area contributed by atoms with Gasteiger partial charge in [-0.2, -0.15) is 0 Å². The van der Waals surface area contributed by atoms with E-state index in [9.17, 15) is 4.79 Å². The molecule has 0 saturated carbocycles. The molecule has 0 aromatic carbocycles. The van der Waals surface area contributed by atoms with E-state index in [1.807, 2.05) is 16.7 Å². The van der Waals surface area contributed by atoms with Crippen LogP contribution in [-0.2, 0) is 13.1 Å². The summed E-state index contributed by atoms with van der Waals surface area (Å²) in [6.45, 7) is 2.67. The molecule has 1 aromatic heterocycles. The third kappa shape index (κ3) is 1.28. The Balaban J connectivity index is 2.49. The van der Waals surface area contributed by atoms with Crippen LogP contribution in [0.1, 0.15) is 12.1 Å². The van der Waals surface area contributed by atoms with E-state index >= 15 is 0 Å². The lowest BCUT2D eigenvalue weighted by Gasteiger charge is -2.06. The molecule has 0 unspecified atom stereocenters. The van der Waals surface area contributed by atoms with E-state index < -0.39 is 0 Å². The third-order valence-corrected chi connectivity index (χ3v) is 2.18. The predicted octanol–water partition coefficient (Wildman–Crippen LogP) is 0.342. The van der Waals surface area contributed by atoms with Crippen molar-refractivity contribution in [1.29, 1.82) is 0 Å². The molecule has 0 aliphatic carbocycles. The molecule has 0 amide bonds. The fourth-order valence-electron chi connectivity index (χ4n) is 1.55. The summed E-state index contributed by atoms with van der Waals surface area (Å²) in [5.41, 5.74) is 1.22. The summed E-state index contributed by atoms with van der Waals surface area (Å²) in [6.07, 6.45) is 1.04. The average Bonchev–Trinajstić information content (AvgIpc) is 2.30. The van der Waals surface area contributed by atoms with E-state index in [1.165, 1.54) is 0 Å². The first kappa shape index (κ1) is 7.55. The highest BCUT2D eigenvalue weighted by atomic mass is 16.1. The van der Waals surface area contributed by atoms with Crippen molar-refractivity contribution in [2.75, 3.05) is 6.54 Å². The number of aromatic nitrogens is 1. The van der Waals surface area contributed by atoms with Gasteiger partial charge in [-0.15, -0.1) is 0 Å². The Morgan fingerprint density at radius 1 is 1.42 bits per heavy atom. The second kappa shape index (κ2) is 3.11. The second-order valence-corrected chi connectivity index (χ2v) is 3.04. The lowest BCUT2D eigenvalue weighted by molar-refractivity contribution is 0.630. The maximum Gasteiger partial charge on any atom is 0.250 e. The Hall–Kier alpha value is -1.09. The van der Waals surface area contributed by atoms with Gasteiger partial charge in [0, 0.05) is 24.8 Å². The van der Waals surface area contributed by atoms with E-state index in [-0.39, 0.29) is 5.56 Å². The van der Waals surface area contributed by atoms with Gasteiger partial charge in [-0.1, -0.05) is 6.07 Å². The van der Waals surface area contributed by atoms with Gasteiger partial charge in [-0.25, -0.2) is 0 Å². The van der Waals surface area contributed by atoms with E-state index in [1.54, 1.807) is 6.07 Å². The number of nitrogens with one attached hydrogen (secondary N) is 1. The van der Waals surface area contributed by atoms with Gasteiger partial charge in [0.1, 0.15) is 0 Å². The Bertz CT molecular complexity index is 330. The highest BCUT2D eigenvalue weighted by Gasteiger charge is 2.05. The molecule has 0 atom stereocenters. The maximum absolute atomic E-state index is 11.4. The zero-order valence-electron chi connectivity index (χ0n) is 6.92. The van der Waals surface area contributed by atoms with E-state index in [2.05, 4.69) is 5.32 Å². The number of nitrogens with zero attached hydrogens (tertiary/aromatic N) is 1. The molecule has 0 spiro atoms. The van der Waals surface area contributed by atoms with Crippen molar-refractivity contribution in [1.82, 2.24) is 9.88 Å². The molecule has 0 fully saturated rings. The average molecular weight is 164 g/mol. The maximum atomic E-state index is 11.4. The largest absolute Gasteiger partial charge is 0.311 e. The molecule has 64 valence electrons. The van der Waals surface area contributed by atoms with Crippen molar-refractivity contribution in [2.24, 2.45) is 0 Å². The molecule has 3 heteroatoms. The van der Waals surface area contributed by atoms with Crippen LogP contribution >= 0.6 is 0 Å². The molecule has 1 N–H and O–H groups in total. The molecule has 2 heterocycles. The zero-order valence-corrected chi connectivity index (χ0v) is 6.92. The van der Waals surface area contributed by atoms with Crippen LogP contribution in [-0.4, -0.2) is 11.1 Å². The molecule has 3 nitrogen and oxygen atoms in total. The minimum Gasteiger partial charge on any atom is -0.311 e. The molecule has 1 aliphatic heterocycles. The van der Waals surface area contributed by atoms with Crippen molar-refractivity contribution in [2.45, 2.75) is 19.5 Å². The smallest absolute Gasteiger partial charge is 0.250 e. The summed E-state index contributed by atoms with van der Waals surface area (Å²) in [5, 5.41) is 3.27. The van der Waals surface area contributed by atoms with Gasteiger partial charge in [-0.05, 0) is 19.0 Å². The minimum atomic E-state index is 0.121. The second-order valence-electron chi connectivity index (χ2n) is 3.04. The molecule has 0 radical (unpaired) electrons. The van der Waals surface area contributed by atoms with Crippen LogP contribution in [0.15, 0.2) is 23.0 Å². The van der Waals surface area contributed by atoms with Crippen LogP contribution in [0, 0.1) is 0 Å². The van der Waals surface area contributed by atoms with E-state index in [4.69, 9.17) is 0 Å². The van der Waals surface area contributed by atoms with Gasteiger partial charge in [0.25, 0.3) is 5.56 Å². The van der Waals surface area contributed by atoms with Gasteiger partial charge in [-0.3, -0.25) is 4.79 Å². The van der Waals surface area contributed by atoms with Crippen molar-refractivity contribution in [3.63, 3.8) is 0 Å². The highest BCUT2D eigenvalue weighted by molar-refractivity contribution is 5.07. The van der Waals surface area contributed by atoms with Crippen LogP contribution in [0.2, 0.25) is 0 Å². The summed E-state index contributed by atoms with van der Waals surface area (Å²) in [6, 6.07) is 5.44. The van der Waals surface area contributed by atoms with Crippen molar-refractivity contribution in [3.05, 3.63) is 34.2 Å². The highest BCUT2D eigenvalue weighted by Crippen LogP contribution is 2.00. The van der Waals surface area contributed by atoms with Crippen LogP contribution in [0.3, 0.4) is 0 Å². The number of pyridine rings is 1. The molecule has 1 aliphatic rings. The quantitative estimate of drug-likeness (QED) is 0.600. The predicted molar refractivity (Wildman–Crippen MR) is 47.0 cm³/mol. The van der Waals surface area contributed by atoms with Crippen molar-refractivity contribution in [3.8, 4) is 0 Å². The lowest BCUT2D eigenvalue weighted by atomic mass is 10.3. The summed E-state index contributed by atoms with van der Waals surface area (Å²) >= 11 is 0. The third-order valence-electron chi connectivity index (χ3n) is 2.18. The first-order valence-corrected chi connectivity index (χ1v) is 4.27. The normalized spacial score (nSPS) is 16.7. The summed E-state index contributed by atoms with van der Waals surface area (Å²) in [5.74, 6) is 0. The minimum absolute atomic E-state index is 0.121. The summed E-state index contributed by atoms with van der Waals surface area (Å²) < 4.78 is 1.85. The fraction of sp³-hybridized carbons (Fsp3) is 0.444. The topological polar surface area (TPSA) is 34.0 Å². The number of hydrogen-bond donors (Lipinski definition) is 1. The molecular formula is C9H12N2O. The summed E-state index contributed by atoms with van der Waals surface area (Å²) in [4.78, 5) is 11.4. The monoisotopic (exact) mass is 164 g/mol. The van der Waals surface area contributed by atoms with E-state index in [0.29, 0.717) is 0 Å². The molecular weight excluding hydrogens is 152 g/mol. The van der Waals surface area contributed by atoms with Gasteiger partial charge in [0.2, 0.25) is 0 Å². The number of hydrogen-bond acceptors (Lipinski definition) is 2. The number of fused-ring (bicyclic) bond motifs is 1. The van der Waals surface area contributed by atoms with Crippen molar-refractivity contribution >= 4 is 0 Å². The SMILES string of the molecule is O=c1cccc2n1CCCNC2. The van der Waals surface area contributed by atoms with Crippen molar-refractivity contribution < 1.29 is 0 Å². The first-order chi connectivity index (χ1) is 5.88. The van der Waals surface area contributed by atoms with Gasteiger partial charge >= 0.3 is 0 Å². The molecule has 0 saturated heterocycles. The van der Waals surface area contributed by atoms with E-state index in [0.717, 1.165) is 31.7 Å². The standard InChI is InChI=1S/C9H12N2O/c12-9-4-1-3-8-7-10-5-2-6-11(8)9/h1,3-4,10H,2,5-7H2. The van der Waals surface area contributed by atoms with Gasteiger partial charge in [0.05, 0.1) is 0 Å². The molecule has 2 rings (SSSR count). The van der Waals surface area contributed by atoms with Crippen LogP contribution < -0.4 is 10.9 Å². The Kier molecular flexibility index (Phi) is 1.96. The Morgan fingerprint density at radius 3 is 3.25 bits per heavy atom. The zero-order chi connectivity index (χ0) is 8.39. The van der Waals surface area contributed by atoms with Crippen LogP contribution in [0.5, 0.6) is 0 Å². The van der Waals surface area contributed by atoms with Crippen LogP contribution in [0.4, 0.5) is 0 Å². The van der Waals surface area contributed by atoms with Crippen LogP contribution in [0.25, 0.3) is 0 Å². The Morgan fingerprint density at radius 2 is 2.33 bits per heavy atom. The molecule has 12 heavy (non-hydrogen) atoms. The summed E-state index contributed by atoms with van der Waals surface area (Å²) in [7, 11) is 0. The first-order valence-electron chi connectivity index (χ1n) is 4.27. The number of rotatable bonds is 0. The Labute approximate surface area is 71.0 Å². The lowest BCUT2D eigenvalue weighted by Crippen LogP contribution is -2.21. The molecule has 0 bridgehead atoms. The van der Waals surface area contributed by atoms with Gasteiger partial charge in [0.15, 0.2) is 0 Å². The fourth-order valence-corrected chi connectivity index (χ4v) is 1.55.